The first kappa shape index (κ1) is 14.5. The molecule has 1 heterocycles. The summed E-state index contributed by atoms with van der Waals surface area (Å²) in [6.07, 6.45) is 20.0. The number of hydrogen-bond acceptors (Lipinski definition) is 0. The molecule has 0 aliphatic carbocycles. The first-order valence-corrected chi connectivity index (χ1v) is 10.9. The van der Waals surface area contributed by atoms with Crippen LogP contribution in [0.25, 0.3) is 0 Å². The molecule has 0 spiro atoms. The molecule has 0 aromatic heterocycles. The SMILES string of the molecule is CCCCCCCC[PH]1(C)CCCCCC1. The predicted molar refractivity (Wildman–Crippen MR) is 80.7 cm³/mol. The molecule has 16 heavy (non-hydrogen) atoms. The molecule has 1 aliphatic heterocycles. The van der Waals surface area contributed by atoms with E-state index < -0.39 is 7.26 Å². The molecule has 0 nitrogen and oxygen atoms in total. The topological polar surface area (TPSA) is 0 Å². The van der Waals surface area contributed by atoms with Crippen molar-refractivity contribution >= 4 is 7.26 Å². The third-order valence-corrected chi connectivity index (χ3v) is 9.13. The van der Waals surface area contributed by atoms with E-state index in [0.717, 1.165) is 0 Å². The molecule has 0 radical (unpaired) electrons. The molecule has 0 saturated carbocycles. The Morgan fingerprint density at radius 3 is 1.94 bits per heavy atom. The van der Waals surface area contributed by atoms with E-state index in [4.69, 9.17) is 0 Å². The molecule has 0 aromatic carbocycles. The van der Waals surface area contributed by atoms with E-state index in [1.165, 1.54) is 44.9 Å². The van der Waals surface area contributed by atoms with E-state index in [0.29, 0.717) is 0 Å². The molecule has 1 fully saturated rings. The summed E-state index contributed by atoms with van der Waals surface area (Å²) in [5, 5.41) is 0. The second kappa shape index (κ2) is 8.51. The zero-order valence-electron chi connectivity index (χ0n) is 11.7. The molecule has 0 atom stereocenters. The van der Waals surface area contributed by atoms with Gasteiger partial charge in [-0.15, -0.1) is 0 Å². The summed E-state index contributed by atoms with van der Waals surface area (Å²) in [5.74, 6) is 0. The van der Waals surface area contributed by atoms with Crippen LogP contribution in [0.1, 0.15) is 71.1 Å². The van der Waals surface area contributed by atoms with Crippen LogP contribution in [0, 0.1) is 0 Å². The standard InChI is InChI=1S/C15H33P/c1-3-4-5-6-7-10-13-16(2)14-11-8-9-12-15-16/h16H,3-15H2,1-2H3. The van der Waals surface area contributed by atoms with Gasteiger partial charge >= 0.3 is 104 Å². The minimum absolute atomic E-state index is 0.755. The first-order chi connectivity index (χ1) is 7.77. The molecule has 1 heteroatoms. The van der Waals surface area contributed by atoms with Gasteiger partial charge in [0.1, 0.15) is 0 Å². The van der Waals surface area contributed by atoms with Gasteiger partial charge in [0.25, 0.3) is 0 Å². The van der Waals surface area contributed by atoms with Gasteiger partial charge in [0.05, 0.1) is 0 Å². The van der Waals surface area contributed by atoms with E-state index in [1.807, 2.05) is 0 Å². The fourth-order valence-corrected chi connectivity index (χ4v) is 7.22. The Bertz CT molecular complexity index is 157. The van der Waals surface area contributed by atoms with Crippen molar-refractivity contribution in [1.82, 2.24) is 0 Å². The molecule has 1 rings (SSSR count). The Morgan fingerprint density at radius 1 is 0.750 bits per heavy atom. The van der Waals surface area contributed by atoms with Crippen molar-refractivity contribution in [2.24, 2.45) is 0 Å². The van der Waals surface area contributed by atoms with E-state index >= 15 is 0 Å². The summed E-state index contributed by atoms with van der Waals surface area (Å²) in [7, 11) is -0.755. The van der Waals surface area contributed by atoms with Crippen molar-refractivity contribution in [3.63, 3.8) is 0 Å². The van der Waals surface area contributed by atoms with Crippen molar-refractivity contribution < 1.29 is 0 Å². The number of hydrogen-bond donors (Lipinski definition) is 0. The summed E-state index contributed by atoms with van der Waals surface area (Å²) < 4.78 is 0. The Balaban J connectivity index is 2.05. The number of rotatable bonds is 7. The summed E-state index contributed by atoms with van der Waals surface area (Å²) in [4.78, 5) is 0. The van der Waals surface area contributed by atoms with Crippen molar-refractivity contribution in [2.75, 3.05) is 25.2 Å². The molecule has 1 aliphatic rings. The van der Waals surface area contributed by atoms with Gasteiger partial charge in [-0.05, 0) is 0 Å². The van der Waals surface area contributed by atoms with Gasteiger partial charge in [-0.25, -0.2) is 0 Å². The molecule has 0 N–H and O–H groups in total. The van der Waals surface area contributed by atoms with Gasteiger partial charge in [-0.3, -0.25) is 0 Å². The van der Waals surface area contributed by atoms with Crippen LogP contribution < -0.4 is 0 Å². The fourth-order valence-electron chi connectivity index (χ4n) is 3.16. The minimum atomic E-state index is -0.755. The van der Waals surface area contributed by atoms with E-state index in [1.54, 1.807) is 37.7 Å². The molecular weight excluding hydrogens is 211 g/mol. The van der Waals surface area contributed by atoms with Gasteiger partial charge in [0.15, 0.2) is 0 Å². The summed E-state index contributed by atoms with van der Waals surface area (Å²) in [6.45, 7) is 4.99. The summed E-state index contributed by atoms with van der Waals surface area (Å²) in [6, 6.07) is 0. The second-order valence-corrected chi connectivity index (χ2v) is 11.4. The van der Waals surface area contributed by atoms with Crippen molar-refractivity contribution in [3.05, 3.63) is 0 Å². The molecule has 0 bridgehead atoms. The van der Waals surface area contributed by atoms with Crippen molar-refractivity contribution in [3.8, 4) is 0 Å². The van der Waals surface area contributed by atoms with Crippen LogP contribution >= 0.6 is 7.26 Å². The van der Waals surface area contributed by atoms with E-state index in [-0.39, 0.29) is 0 Å². The van der Waals surface area contributed by atoms with Crippen LogP contribution in [0.4, 0.5) is 0 Å². The van der Waals surface area contributed by atoms with Gasteiger partial charge < -0.3 is 0 Å². The second-order valence-electron chi connectivity index (χ2n) is 6.24. The van der Waals surface area contributed by atoms with Crippen molar-refractivity contribution in [1.29, 1.82) is 0 Å². The molecular formula is C15H33P. The quantitative estimate of drug-likeness (QED) is 0.421. The zero-order chi connectivity index (χ0) is 11.7. The Labute approximate surface area is 104 Å². The summed E-state index contributed by atoms with van der Waals surface area (Å²) >= 11 is 0. The Hall–Kier alpha value is 0.430. The van der Waals surface area contributed by atoms with Gasteiger partial charge in [0, 0.05) is 0 Å². The third kappa shape index (κ3) is 6.24. The zero-order valence-corrected chi connectivity index (χ0v) is 12.7. The summed E-state index contributed by atoms with van der Waals surface area (Å²) in [5.41, 5.74) is 0. The van der Waals surface area contributed by atoms with E-state index in [2.05, 4.69) is 13.6 Å². The predicted octanol–water partition coefficient (Wildman–Crippen LogP) is 5.30. The Kier molecular flexibility index (Phi) is 7.71. The van der Waals surface area contributed by atoms with Gasteiger partial charge in [0.2, 0.25) is 0 Å². The van der Waals surface area contributed by atoms with Crippen molar-refractivity contribution in [2.45, 2.75) is 71.1 Å². The molecule has 0 amide bonds. The van der Waals surface area contributed by atoms with Crippen LogP contribution in [0.3, 0.4) is 0 Å². The Morgan fingerprint density at radius 2 is 1.31 bits per heavy atom. The van der Waals surface area contributed by atoms with Crippen LogP contribution in [0.2, 0.25) is 0 Å². The first-order valence-electron chi connectivity index (χ1n) is 7.77. The third-order valence-electron chi connectivity index (χ3n) is 4.44. The molecule has 98 valence electrons. The maximum absolute atomic E-state index is 2.68. The van der Waals surface area contributed by atoms with Crippen LogP contribution in [0.15, 0.2) is 0 Å². The fraction of sp³-hybridized carbons (Fsp3) is 1.00. The molecule has 1 saturated heterocycles. The molecule has 0 aromatic rings. The number of unbranched alkanes of at least 4 members (excludes halogenated alkanes) is 5. The normalized spacial score (nSPS) is 22.6. The maximum atomic E-state index is 2.68. The monoisotopic (exact) mass is 244 g/mol. The van der Waals surface area contributed by atoms with Gasteiger partial charge in [-0.2, -0.15) is 0 Å². The van der Waals surface area contributed by atoms with Gasteiger partial charge in [-0.1, -0.05) is 0 Å². The van der Waals surface area contributed by atoms with Crippen LogP contribution in [0.5, 0.6) is 0 Å². The average Bonchev–Trinajstić information content (AvgIpc) is 2.49. The van der Waals surface area contributed by atoms with E-state index in [9.17, 15) is 0 Å². The van der Waals surface area contributed by atoms with Crippen LogP contribution in [-0.2, 0) is 0 Å². The molecule has 0 unspecified atom stereocenters. The average molecular weight is 244 g/mol. The van der Waals surface area contributed by atoms with Crippen LogP contribution in [-0.4, -0.2) is 25.2 Å².